The Morgan fingerprint density at radius 1 is 1.32 bits per heavy atom. The lowest BCUT2D eigenvalue weighted by Crippen LogP contribution is -2.28. The first kappa shape index (κ1) is 15.6. The van der Waals surface area contributed by atoms with Crippen LogP contribution in [0, 0.1) is 10.1 Å². The number of nitrogens with one attached hydrogen (secondary N) is 1. The highest BCUT2D eigenvalue weighted by molar-refractivity contribution is 5.35. The Bertz CT molecular complexity index is 407. The Morgan fingerprint density at radius 2 is 2.05 bits per heavy atom. The molecule has 1 rings (SSSR count). The van der Waals surface area contributed by atoms with Gasteiger partial charge in [-0.25, -0.2) is 0 Å². The molecule has 0 bridgehead atoms. The van der Waals surface area contributed by atoms with Gasteiger partial charge in [0.1, 0.15) is 0 Å². The number of nitrogens with zero attached hydrogens (tertiary/aromatic N) is 1. The maximum Gasteiger partial charge on any atom is 0.269 e. The van der Waals surface area contributed by atoms with E-state index in [4.69, 9.17) is 0 Å². The normalized spacial score (nSPS) is 14.1. The minimum atomic E-state index is -0.346. The van der Waals surface area contributed by atoms with E-state index in [9.17, 15) is 10.1 Å². The van der Waals surface area contributed by atoms with Crippen LogP contribution < -0.4 is 5.32 Å². The Kier molecular flexibility index (Phi) is 6.50. The third-order valence-corrected chi connectivity index (χ3v) is 3.36. The molecule has 0 aliphatic rings. The number of benzene rings is 1. The van der Waals surface area contributed by atoms with E-state index in [0.717, 1.165) is 12.0 Å². The SMILES string of the molecule is CCCCCC(C)NC(C)c1cccc([N+](=O)[O-])c1. The summed E-state index contributed by atoms with van der Waals surface area (Å²) in [5.74, 6) is 0. The largest absolute Gasteiger partial charge is 0.308 e. The van der Waals surface area contributed by atoms with E-state index in [1.807, 2.05) is 6.07 Å². The second-order valence-electron chi connectivity index (χ2n) is 5.14. The van der Waals surface area contributed by atoms with E-state index in [0.29, 0.717) is 6.04 Å². The molecule has 19 heavy (non-hydrogen) atoms. The van der Waals surface area contributed by atoms with Crippen LogP contribution in [-0.2, 0) is 0 Å². The van der Waals surface area contributed by atoms with E-state index in [1.54, 1.807) is 12.1 Å². The maximum atomic E-state index is 10.8. The second kappa shape index (κ2) is 7.89. The Balaban J connectivity index is 2.55. The summed E-state index contributed by atoms with van der Waals surface area (Å²) in [7, 11) is 0. The summed E-state index contributed by atoms with van der Waals surface area (Å²) in [6, 6.07) is 7.42. The predicted molar refractivity (Wildman–Crippen MR) is 78.3 cm³/mol. The van der Waals surface area contributed by atoms with Crippen molar-refractivity contribution >= 4 is 5.69 Å². The van der Waals surface area contributed by atoms with Crippen molar-refractivity contribution in [2.24, 2.45) is 0 Å². The van der Waals surface area contributed by atoms with Crippen molar-refractivity contribution in [3.63, 3.8) is 0 Å². The fourth-order valence-electron chi connectivity index (χ4n) is 2.21. The highest BCUT2D eigenvalue weighted by Crippen LogP contribution is 2.19. The van der Waals surface area contributed by atoms with Crippen molar-refractivity contribution in [3.8, 4) is 0 Å². The van der Waals surface area contributed by atoms with Crippen molar-refractivity contribution in [2.45, 2.75) is 58.5 Å². The molecule has 0 radical (unpaired) electrons. The number of rotatable bonds is 8. The quantitative estimate of drug-likeness (QED) is 0.434. The van der Waals surface area contributed by atoms with Crippen molar-refractivity contribution in [1.29, 1.82) is 0 Å². The third kappa shape index (κ3) is 5.39. The smallest absolute Gasteiger partial charge is 0.269 e. The fraction of sp³-hybridized carbons (Fsp3) is 0.600. The average Bonchev–Trinajstić information content (AvgIpc) is 2.39. The molecule has 0 fully saturated rings. The highest BCUT2D eigenvalue weighted by Gasteiger charge is 2.12. The molecule has 2 atom stereocenters. The molecule has 0 amide bonds. The lowest BCUT2D eigenvalue weighted by Gasteiger charge is -2.20. The van der Waals surface area contributed by atoms with Crippen LogP contribution >= 0.6 is 0 Å². The first-order chi connectivity index (χ1) is 9.04. The Labute approximate surface area is 115 Å². The molecule has 0 aliphatic heterocycles. The summed E-state index contributed by atoms with van der Waals surface area (Å²) in [4.78, 5) is 10.4. The van der Waals surface area contributed by atoms with Crippen LogP contribution in [0.5, 0.6) is 0 Å². The number of hydrogen-bond donors (Lipinski definition) is 1. The van der Waals surface area contributed by atoms with E-state index in [2.05, 4.69) is 26.1 Å². The van der Waals surface area contributed by atoms with Gasteiger partial charge in [-0.1, -0.05) is 38.3 Å². The van der Waals surface area contributed by atoms with E-state index in [1.165, 1.54) is 25.3 Å². The van der Waals surface area contributed by atoms with Gasteiger partial charge in [-0.3, -0.25) is 10.1 Å². The number of nitro groups is 1. The first-order valence-electron chi connectivity index (χ1n) is 7.05. The summed E-state index contributed by atoms with van der Waals surface area (Å²) in [6.45, 7) is 6.42. The van der Waals surface area contributed by atoms with Crippen LogP contribution in [0.4, 0.5) is 5.69 Å². The lowest BCUT2D eigenvalue weighted by molar-refractivity contribution is -0.384. The van der Waals surface area contributed by atoms with Crippen molar-refractivity contribution in [2.75, 3.05) is 0 Å². The predicted octanol–water partition coefficient (Wildman–Crippen LogP) is 4.21. The molecule has 106 valence electrons. The highest BCUT2D eigenvalue weighted by atomic mass is 16.6. The standard InChI is InChI=1S/C15H24N2O2/c1-4-5-6-8-12(2)16-13(3)14-9-7-10-15(11-14)17(18)19/h7,9-13,16H,4-6,8H2,1-3H3. The Morgan fingerprint density at radius 3 is 2.68 bits per heavy atom. The van der Waals surface area contributed by atoms with Gasteiger partial charge >= 0.3 is 0 Å². The van der Waals surface area contributed by atoms with E-state index >= 15 is 0 Å². The van der Waals surface area contributed by atoms with Gasteiger partial charge in [0, 0.05) is 24.2 Å². The summed E-state index contributed by atoms with van der Waals surface area (Å²) in [5.41, 5.74) is 1.13. The molecular formula is C15H24N2O2. The maximum absolute atomic E-state index is 10.8. The zero-order valence-corrected chi connectivity index (χ0v) is 12.1. The number of nitro benzene ring substituents is 1. The van der Waals surface area contributed by atoms with Gasteiger partial charge in [0.05, 0.1) is 4.92 Å². The van der Waals surface area contributed by atoms with Crippen LogP contribution in [-0.4, -0.2) is 11.0 Å². The Hall–Kier alpha value is -1.42. The molecule has 0 heterocycles. The van der Waals surface area contributed by atoms with Crippen LogP contribution in [0.2, 0.25) is 0 Å². The second-order valence-corrected chi connectivity index (χ2v) is 5.14. The minimum absolute atomic E-state index is 0.136. The molecule has 0 aliphatic carbocycles. The molecular weight excluding hydrogens is 240 g/mol. The summed E-state index contributed by atoms with van der Waals surface area (Å²) in [6.07, 6.45) is 4.86. The molecule has 4 nitrogen and oxygen atoms in total. The van der Waals surface area contributed by atoms with Crippen LogP contribution in [0.1, 0.15) is 58.1 Å². The molecule has 0 saturated heterocycles. The number of hydrogen-bond acceptors (Lipinski definition) is 3. The van der Waals surface area contributed by atoms with Crippen LogP contribution in [0.3, 0.4) is 0 Å². The summed E-state index contributed by atoms with van der Waals surface area (Å²) < 4.78 is 0. The molecule has 0 spiro atoms. The van der Waals surface area contributed by atoms with Crippen molar-refractivity contribution < 1.29 is 4.92 Å². The summed E-state index contributed by atoms with van der Waals surface area (Å²) >= 11 is 0. The zero-order chi connectivity index (χ0) is 14.3. The topological polar surface area (TPSA) is 55.2 Å². The molecule has 1 aromatic carbocycles. The van der Waals surface area contributed by atoms with Crippen LogP contribution in [0.25, 0.3) is 0 Å². The lowest BCUT2D eigenvalue weighted by atomic mass is 10.0. The molecule has 0 saturated carbocycles. The summed E-state index contributed by atoms with van der Waals surface area (Å²) in [5, 5.41) is 14.3. The molecule has 2 unspecified atom stereocenters. The molecule has 0 aromatic heterocycles. The number of non-ortho nitro benzene ring substituents is 1. The third-order valence-electron chi connectivity index (χ3n) is 3.36. The van der Waals surface area contributed by atoms with Gasteiger partial charge in [-0.05, 0) is 25.8 Å². The van der Waals surface area contributed by atoms with Crippen LogP contribution in [0.15, 0.2) is 24.3 Å². The monoisotopic (exact) mass is 264 g/mol. The van der Waals surface area contributed by atoms with Gasteiger partial charge in [0.2, 0.25) is 0 Å². The van der Waals surface area contributed by atoms with Gasteiger partial charge in [0.15, 0.2) is 0 Å². The molecule has 1 aromatic rings. The van der Waals surface area contributed by atoms with Gasteiger partial charge in [0.25, 0.3) is 5.69 Å². The van der Waals surface area contributed by atoms with E-state index < -0.39 is 0 Å². The average molecular weight is 264 g/mol. The zero-order valence-electron chi connectivity index (χ0n) is 12.1. The molecule has 4 heteroatoms. The van der Waals surface area contributed by atoms with Crippen molar-refractivity contribution in [3.05, 3.63) is 39.9 Å². The van der Waals surface area contributed by atoms with Gasteiger partial charge in [-0.2, -0.15) is 0 Å². The first-order valence-corrected chi connectivity index (χ1v) is 7.05. The van der Waals surface area contributed by atoms with E-state index in [-0.39, 0.29) is 16.7 Å². The fourth-order valence-corrected chi connectivity index (χ4v) is 2.21. The van der Waals surface area contributed by atoms with Gasteiger partial charge < -0.3 is 5.32 Å². The number of unbranched alkanes of at least 4 members (excludes halogenated alkanes) is 2. The molecule has 1 N–H and O–H groups in total. The van der Waals surface area contributed by atoms with Gasteiger partial charge in [-0.15, -0.1) is 0 Å². The van der Waals surface area contributed by atoms with Crippen molar-refractivity contribution in [1.82, 2.24) is 5.32 Å². The minimum Gasteiger partial charge on any atom is -0.308 e.